The summed E-state index contributed by atoms with van der Waals surface area (Å²) >= 11 is 12.0. The molecule has 0 aliphatic rings. The highest BCUT2D eigenvalue weighted by Gasteiger charge is 2.34. The molecule has 0 spiro atoms. The molecule has 3 aromatic rings. The molecule has 2 aromatic carbocycles. The van der Waals surface area contributed by atoms with Gasteiger partial charge in [-0.05, 0) is 24.3 Å². The topological polar surface area (TPSA) is 113 Å². The molecule has 1 aromatic heterocycles. The van der Waals surface area contributed by atoms with Gasteiger partial charge in [0.25, 0.3) is 18.2 Å². The largest absolute Gasteiger partial charge is 0.573 e. The van der Waals surface area contributed by atoms with Crippen LogP contribution in [0.15, 0.2) is 36.5 Å². The molecule has 0 bridgehead atoms. The summed E-state index contributed by atoms with van der Waals surface area (Å²) in [5.41, 5.74) is 2.83. The number of carbonyl (C=O) groups excluding carboxylic acids is 2. The summed E-state index contributed by atoms with van der Waals surface area (Å²) in [6.45, 7) is 0. The van der Waals surface area contributed by atoms with Crippen LogP contribution in [0.3, 0.4) is 0 Å². The number of methoxy groups -OCH3 is 1. The van der Waals surface area contributed by atoms with Gasteiger partial charge in [-0.15, -0.1) is 13.2 Å². The average Bonchev–Trinajstić information content (AvgIpc) is 2.81. The van der Waals surface area contributed by atoms with Crippen LogP contribution in [0, 0.1) is 5.82 Å². The first kappa shape index (κ1) is 24.4. The summed E-state index contributed by atoms with van der Waals surface area (Å²) < 4.78 is 115. The van der Waals surface area contributed by atoms with Gasteiger partial charge >= 0.3 is 6.36 Å². The van der Waals surface area contributed by atoms with Crippen molar-refractivity contribution < 1.29 is 54.3 Å². The third-order valence-electron chi connectivity index (χ3n) is 4.51. The highest BCUT2D eigenvalue weighted by atomic mass is 35.5. The van der Waals surface area contributed by atoms with Gasteiger partial charge in [0.1, 0.15) is 17.0 Å². The molecule has 16 heteroatoms. The van der Waals surface area contributed by atoms with Crippen molar-refractivity contribution in [2.24, 2.45) is 5.73 Å². The van der Waals surface area contributed by atoms with Crippen LogP contribution in [0.5, 0.6) is 23.0 Å². The quantitative estimate of drug-likeness (QED) is 0.291. The molecule has 0 unspecified atom stereocenters. The van der Waals surface area contributed by atoms with E-state index in [2.05, 4.69) is 19.8 Å². The fourth-order valence-corrected chi connectivity index (χ4v) is 3.65. The van der Waals surface area contributed by atoms with Gasteiger partial charge in [-0.25, -0.2) is 8.78 Å². The number of alkyl halides is 5. The Morgan fingerprint density at radius 3 is 2.42 bits per heavy atom. The molecule has 0 saturated heterocycles. The molecular weight excluding hydrogens is 571 g/mol. The molecule has 8 nitrogen and oxygen atoms in total. The molecule has 0 aliphatic heterocycles. The maximum absolute atomic E-state index is 14.9. The number of pyridine rings is 1. The van der Waals surface area contributed by atoms with Gasteiger partial charge in [-0.3, -0.25) is 14.6 Å². The number of nitrogens with one attached hydrogen (secondary N) is 1. The van der Waals surface area contributed by atoms with Crippen LogP contribution >= 0.6 is 23.2 Å². The van der Waals surface area contributed by atoms with Crippen molar-refractivity contribution in [1.82, 2.24) is 4.98 Å². The molecular formula is C22H13Cl2F6N3O5. The number of primary amides is 1. The standard InChI is InChI=1S/C22H13Cl2F6N3O5/c1-36-18-12(3-2-11(17(18)25)38-22(28,29)30)37-13-7-9(23)14(19(26)27)16(24)15(13)21(35)33-8-4-5-32-10(6-8)20(31)34/h2-7,19H,1H3,(H2,31,34)(H,32,33,35)/i1D3. The zero-order valence-corrected chi connectivity index (χ0v) is 19.6. The molecule has 0 radical (unpaired) electrons. The highest BCUT2D eigenvalue weighted by Crippen LogP contribution is 2.45. The van der Waals surface area contributed by atoms with Crippen LogP contribution < -0.4 is 25.3 Å². The van der Waals surface area contributed by atoms with E-state index in [1.807, 2.05) is 0 Å². The van der Waals surface area contributed by atoms with E-state index in [-0.39, 0.29) is 11.4 Å². The van der Waals surface area contributed by atoms with Crippen molar-refractivity contribution in [2.75, 3.05) is 12.4 Å². The molecule has 1 heterocycles. The van der Waals surface area contributed by atoms with Crippen LogP contribution in [0.2, 0.25) is 10.0 Å². The Morgan fingerprint density at radius 2 is 1.82 bits per heavy atom. The number of carbonyl (C=O) groups is 2. The monoisotopic (exact) mass is 586 g/mol. The first-order valence-corrected chi connectivity index (χ1v) is 10.5. The zero-order chi connectivity index (χ0) is 30.9. The highest BCUT2D eigenvalue weighted by molar-refractivity contribution is 6.39. The number of nitrogens with two attached hydrogens (primary N) is 1. The fraction of sp³-hybridized carbons (Fsp3) is 0.136. The van der Waals surface area contributed by atoms with Crippen molar-refractivity contribution in [3.63, 3.8) is 0 Å². The van der Waals surface area contributed by atoms with E-state index in [1.165, 1.54) is 6.07 Å². The van der Waals surface area contributed by atoms with E-state index in [1.54, 1.807) is 0 Å². The summed E-state index contributed by atoms with van der Waals surface area (Å²) in [5.74, 6) is -8.88. The molecule has 0 fully saturated rings. The average molecular weight is 587 g/mol. The number of amides is 2. The number of halogens is 8. The Bertz CT molecular complexity index is 1510. The summed E-state index contributed by atoms with van der Waals surface area (Å²) in [6, 6.07) is 3.82. The minimum Gasteiger partial charge on any atom is -0.490 e. The lowest BCUT2D eigenvalue weighted by atomic mass is 10.1. The Balaban J connectivity index is 2.17. The lowest BCUT2D eigenvalue weighted by Gasteiger charge is -2.19. The van der Waals surface area contributed by atoms with Gasteiger partial charge in [0.05, 0.1) is 26.8 Å². The van der Waals surface area contributed by atoms with Gasteiger partial charge < -0.3 is 25.3 Å². The summed E-state index contributed by atoms with van der Waals surface area (Å²) in [6.07, 6.45) is -7.64. The Hall–Kier alpha value is -3.91. The second-order valence-corrected chi connectivity index (χ2v) is 7.75. The summed E-state index contributed by atoms with van der Waals surface area (Å²) in [4.78, 5) is 28.2. The number of hydrogen-bond acceptors (Lipinski definition) is 6. The van der Waals surface area contributed by atoms with Crippen molar-refractivity contribution in [3.05, 3.63) is 69.2 Å². The number of rotatable bonds is 8. The van der Waals surface area contributed by atoms with E-state index in [0.717, 1.165) is 12.3 Å². The second kappa shape index (κ2) is 11.2. The van der Waals surface area contributed by atoms with E-state index in [0.29, 0.717) is 18.2 Å². The van der Waals surface area contributed by atoms with E-state index in [4.69, 9.17) is 37.8 Å². The molecule has 0 saturated carbocycles. The number of aromatic nitrogens is 1. The third kappa shape index (κ3) is 6.31. The zero-order valence-electron chi connectivity index (χ0n) is 21.1. The van der Waals surface area contributed by atoms with Crippen LogP contribution in [0.1, 0.15) is 36.9 Å². The van der Waals surface area contributed by atoms with Gasteiger partial charge in [-0.2, -0.15) is 4.39 Å². The molecule has 38 heavy (non-hydrogen) atoms. The van der Waals surface area contributed by atoms with Crippen molar-refractivity contribution in [2.45, 2.75) is 12.8 Å². The number of ether oxygens (including phenoxy) is 3. The first-order valence-electron chi connectivity index (χ1n) is 11.2. The van der Waals surface area contributed by atoms with Crippen LogP contribution in [-0.2, 0) is 0 Å². The minimum absolute atomic E-state index is 0.125. The molecule has 202 valence electrons. The maximum Gasteiger partial charge on any atom is 0.573 e. The van der Waals surface area contributed by atoms with Crippen LogP contribution in [-0.4, -0.2) is 30.2 Å². The Labute approximate surface area is 223 Å². The van der Waals surface area contributed by atoms with E-state index < -0.39 is 81.6 Å². The summed E-state index contributed by atoms with van der Waals surface area (Å²) in [5, 5.41) is 0.510. The van der Waals surface area contributed by atoms with E-state index in [9.17, 15) is 35.9 Å². The number of hydrogen-bond donors (Lipinski definition) is 2. The molecule has 0 aliphatic carbocycles. The minimum atomic E-state index is -5.39. The van der Waals surface area contributed by atoms with E-state index >= 15 is 0 Å². The van der Waals surface area contributed by atoms with Crippen molar-refractivity contribution >= 4 is 40.7 Å². The molecule has 2 amide bonds. The van der Waals surface area contributed by atoms with Gasteiger partial charge in [0, 0.05) is 18.0 Å². The fourth-order valence-electron chi connectivity index (χ4n) is 2.96. The van der Waals surface area contributed by atoms with Crippen LogP contribution in [0.4, 0.5) is 32.0 Å². The SMILES string of the molecule is [2H]C([2H])([2H])Oc1c(Oc2cc(Cl)c(C(F)F)c(Cl)c2C(=O)Nc2ccnc(C(N)=O)c2)ccc(OC(F)(F)F)c1F. The normalized spacial score (nSPS) is 12.8. The molecule has 3 N–H and O–H groups in total. The van der Waals surface area contributed by atoms with Crippen molar-refractivity contribution in [1.29, 1.82) is 0 Å². The lowest BCUT2D eigenvalue weighted by molar-refractivity contribution is -0.275. The smallest absolute Gasteiger partial charge is 0.490 e. The predicted octanol–water partition coefficient (Wildman–Crippen LogP) is 6.52. The molecule has 0 atom stereocenters. The maximum atomic E-state index is 14.9. The van der Waals surface area contributed by atoms with Gasteiger partial charge in [0.2, 0.25) is 11.6 Å². The third-order valence-corrected chi connectivity index (χ3v) is 5.21. The van der Waals surface area contributed by atoms with Crippen LogP contribution in [0.25, 0.3) is 0 Å². The van der Waals surface area contributed by atoms with Gasteiger partial charge in [0.15, 0.2) is 11.5 Å². The predicted molar refractivity (Wildman–Crippen MR) is 122 cm³/mol. The van der Waals surface area contributed by atoms with Gasteiger partial charge in [-0.1, -0.05) is 23.2 Å². The van der Waals surface area contributed by atoms with Crippen molar-refractivity contribution in [3.8, 4) is 23.0 Å². The Morgan fingerprint density at radius 1 is 1.13 bits per heavy atom. The number of benzene rings is 2. The lowest BCUT2D eigenvalue weighted by Crippen LogP contribution is -2.18. The molecule has 3 rings (SSSR count). The second-order valence-electron chi connectivity index (χ2n) is 6.96. The first-order chi connectivity index (χ1) is 18.9. The summed E-state index contributed by atoms with van der Waals surface area (Å²) in [7, 11) is -3.44. The Kier molecular flexibility index (Phi) is 7.22. The number of anilines is 1. The number of nitrogens with zero attached hydrogens (tertiary/aromatic N) is 1.